The lowest BCUT2D eigenvalue weighted by Gasteiger charge is -2.16. The van der Waals surface area contributed by atoms with Crippen LogP contribution in [-0.4, -0.2) is 36.3 Å². The van der Waals surface area contributed by atoms with Crippen molar-refractivity contribution >= 4 is 30.7 Å². The van der Waals surface area contributed by atoms with Crippen molar-refractivity contribution in [2.45, 2.75) is 32.4 Å². The molecule has 0 bridgehead atoms. The molecular weight excluding hydrogens is 366 g/mol. The van der Waals surface area contributed by atoms with E-state index in [1.807, 2.05) is 22.8 Å². The van der Waals surface area contributed by atoms with Gasteiger partial charge < -0.3 is 9.47 Å². The standard InChI is InChI=1S/C19H24ClN3O2Si/c1-24-14-5-6-17(22-12-14)18-11-15-16(20)7-8-21-19(15)23(18)13-25-9-10-26(2,3)4/h5-8,11-12H,9-10,13H2,1-4H3. The molecule has 7 heteroatoms. The molecular formula is C19H24ClN3O2Si. The van der Waals surface area contributed by atoms with E-state index >= 15 is 0 Å². The quantitative estimate of drug-likeness (QED) is 0.418. The van der Waals surface area contributed by atoms with Gasteiger partial charge in [-0.2, -0.15) is 0 Å². The van der Waals surface area contributed by atoms with Crippen molar-refractivity contribution in [3.8, 4) is 17.1 Å². The molecule has 0 aliphatic heterocycles. The molecule has 0 saturated heterocycles. The molecule has 0 fully saturated rings. The molecule has 0 aliphatic rings. The zero-order valence-electron chi connectivity index (χ0n) is 15.6. The highest BCUT2D eigenvalue weighted by Crippen LogP contribution is 2.31. The van der Waals surface area contributed by atoms with Crippen LogP contribution in [0.25, 0.3) is 22.4 Å². The van der Waals surface area contributed by atoms with Crippen molar-refractivity contribution in [1.82, 2.24) is 14.5 Å². The van der Waals surface area contributed by atoms with Crippen molar-refractivity contribution < 1.29 is 9.47 Å². The molecule has 3 rings (SSSR count). The minimum Gasteiger partial charge on any atom is -0.495 e. The Morgan fingerprint density at radius 3 is 2.62 bits per heavy atom. The number of rotatable bonds is 7. The summed E-state index contributed by atoms with van der Waals surface area (Å²) < 4.78 is 13.2. The predicted molar refractivity (Wildman–Crippen MR) is 109 cm³/mol. The summed E-state index contributed by atoms with van der Waals surface area (Å²) in [6.45, 7) is 8.19. The highest BCUT2D eigenvalue weighted by molar-refractivity contribution is 6.76. The molecule has 0 aromatic carbocycles. The van der Waals surface area contributed by atoms with E-state index in [-0.39, 0.29) is 0 Å². The fraction of sp³-hybridized carbons (Fsp3) is 0.368. The van der Waals surface area contributed by atoms with E-state index < -0.39 is 8.07 Å². The lowest BCUT2D eigenvalue weighted by molar-refractivity contribution is 0.0909. The van der Waals surface area contributed by atoms with Gasteiger partial charge in [0.1, 0.15) is 18.1 Å². The Labute approximate surface area is 159 Å². The fourth-order valence-corrected chi connectivity index (χ4v) is 3.60. The van der Waals surface area contributed by atoms with Crippen LogP contribution < -0.4 is 4.74 Å². The summed E-state index contributed by atoms with van der Waals surface area (Å²) in [6.07, 6.45) is 3.42. The smallest absolute Gasteiger partial charge is 0.143 e. The maximum Gasteiger partial charge on any atom is 0.143 e. The average Bonchev–Trinajstić information content (AvgIpc) is 2.98. The Hall–Kier alpha value is -1.89. The highest BCUT2D eigenvalue weighted by atomic mass is 35.5. The maximum absolute atomic E-state index is 6.37. The third-order valence-electron chi connectivity index (χ3n) is 4.19. The Bertz CT molecular complexity index is 888. The molecule has 0 radical (unpaired) electrons. The van der Waals surface area contributed by atoms with Crippen LogP contribution >= 0.6 is 11.6 Å². The summed E-state index contributed by atoms with van der Waals surface area (Å²) in [5, 5.41) is 1.57. The minimum absolute atomic E-state index is 0.421. The number of pyridine rings is 2. The summed E-state index contributed by atoms with van der Waals surface area (Å²) in [7, 11) is 0.501. The molecule has 0 aliphatic carbocycles. The first-order valence-electron chi connectivity index (χ1n) is 8.61. The number of aromatic nitrogens is 3. The van der Waals surface area contributed by atoms with Gasteiger partial charge in [-0.15, -0.1) is 0 Å². The van der Waals surface area contributed by atoms with E-state index in [9.17, 15) is 0 Å². The Morgan fingerprint density at radius 1 is 1.15 bits per heavy atom. The molecule has 0 N–H and O–H groups in total. The van der Waals surface area contributed by atoms with E-state index in [1.54, 1.807) is 25.6 Å². The van der Waals surface area contributed by atoms with Crippen molar-refractivity contribution in [1.29, 1.82) is 0 Å². The first kappa shape index (κ1) is 18.9. The molecule has 3 heterocycles. The first-order valence-corrected chi connectivity index (χ1v) is 12.7. The van der Waals surface area contributed by atoms with Crippen molar-refractivity contribution in [2.24, 2.45) is 0 Å². The summed E-state index contributed by atoms with van der Waals surface area (Å²) in [6, 6.07) is 8.76. The van der Waals surface area contributed by atoms with E-state index in [4.69, 9.17) is 21.1 Å². The SMILES string of the molecule is COc1ccc(-c2cc3c(Cl)ccnc3n2COCC[Si](C)(C)C)nc1. The number of halogens is 1. The van der Waals surface area contributed by atoms with Gasteiger partial charge in [0.25, 0.3) is 0 Å². The van der Waals surface area contributed by atoms with Crippen LogP contribution in [0, 0.1) is 0 Å². The van der Waals surface area contributed by atoms with Gasteiger partial charge in [-0.25, -0.2) is 4.98 Å². The van der Waals surface area contributed by atoms with Gasteiger partial charge in [0.05, 0.1) is 29.7 Å². The van der Waals surface area contributed by atoms with Gasteiger partial charge in [-0.1, -0.05) is 31.2 Å². The second-order valence-electron chi connectivity index (χ2n) is 7.42. The number of nitrogens with zero attached hydrogens (tertiary/aromatic N) is 3. The average molecular weight is 390 g/mol. The van der Waals surface area contributed by atoms with Gasteiger partial charge in [-0.3, -0.25) is 9.55 Å². The summed E-state index contributed by atoms with van der Waals surface area (Å²) >= 11 is 6.37. The van der Waals surface area contributed by atoms with Crippen LogP contribution in [0.2, 0.25) is 30.7 Å². The van der Waals surface area contributed by atoms with Gasteiger partial charge in [0.15, 0.2) is 0 Å². The number of hydrogen-bond acceptors (Lipinski definition) is 4. The van der Waals surface area contributed by atoms with E-state index in [0.717, 1.165) is 40.8 Å². The predicted octanol–water partition coefficient (Wildman–Crippen LogP) is 5.07. The first-order chi connectivity index (χ1) is 12.4. The van der Waals surface area contributed by atoms with Gasteiger partial charge >= 0.3 is 0 Å². The topological polar surface area (TPSA) is 49.2 Å². The normalized spacial score (nSPS) is 11.9. The van der Waals surface area contributed by atoms with Crippen LogP contribution in [0.4, 0.5) is 0 Å². The zero-order chi connectivity index (χ0) is 18.7. The lowest BCUT2D eigenvalue weighted by Crippen LogP contribution is -2.22. The van der Waals surface area contributed by atoms with Gasteiger partial charge in [-0.05, 0) is 30.3 Å². The molecule has 0 spiro atoms. The molecule has 0 atom stereocenters. The van der Waals surface area contributed by atoms with Crippen molar-refractivity contribution in [3.63, 3.8) is 0 Å². The maximum atomic E-state index is 6.37. The van der Waals surface area contributed by atoms with Crippen LogP contribution in [0.5, 0.6) is 5.75 Å². The molecule has 3 aromatic rings. The second-order valence-corrected chi connectivity index (χ2v) is 13.4. The summed E-state index contributed by atoms with van der Waals surface area (Å²) in [5.74, 6) is 0.721. The second kappa shape index (κ2) is 7.78. The molecule has 5 nitrogen and oxygen atoms in total. The van der Waals surface area contributed by atoms with Crippen LogP contribution in [0.1, 0.15) is 0 Å². The fourth-order valence-electron chi connectivity index (χ4n) is 2.65. The lowest BCUT2D eigenvalue weighted by atomic mass is 10.2. The van der Waals surface area contributed by atoms with E-state index in [0.29, 0.717) is 11.8 Å². The summed E-state index contributed by atoms with van der Waals surface area (Å²) in [5.41, 5.74) is 2.56. The molecule has 0 amide bonds. The molecule has 0 saturated carbocycles. The molecule has 0 unspecified atom stereocenters. The third kappa shape index (κ3) is 4.26. The van der Waals surface area contributed by atoms with E-state index in [2.05, 4.69) is 29.6 Å². The third-order valence-corrected chi connectivity index (χ3v) is 6.23. The Kier molecular flexibility index (Phi) is 5.65. The zero-order valence-corrected chi connectivity index (χ0v) is 17.4. The van der Waals surface area contributed by atoms with Crippen molar-refractivity contribution in [2.75, 3.05) is 13.7 Å². The number of fused-ring (bicyclic) bond motifs is 1. The molecule has 26 heavy (non-hydrogen) atoms. The largest absolute Gasteiger partial charge is 0.495 e. The Morgan fingerprint density at radius 2 is 1.96 bits per heavy atom. The van der Waals surface area contributed by atoms with Crippen LogP contribution in [0.3, 0.4) is 0 Å². The molecule has 3 aromatic heterocycles. The van der Waals surface area contributed by atoms with Crippen LogP contribution in [0.15, 0.2) is 36.7 Å². The van der Waals surface area contributed by atoms with Crippen molar-refractivity contribution in [3.05, 3.63) is 41.7 Å². The minimum atomic E-state index is -1.13. The highest BCUT2D eigenvalue weighted by Gasteiger charge is 2.16. The van der Waals surface area contributed by atoms with Gasteiger partial charge in [0.2, 0.25) is 0 Å². The van der Waals surface area contributed by atoms with Crippen LogP contribution in [-0.2, 0) is 11.5 Å². The van der Waals surface area contributed by atoms with Gasteiger partial charge in [0, 0.05) is 26.3 Å². The van der Waals surface area contributed by atoms with E-state index in [1.165, 1.54) is 0 Å². The number of hydrogen-bond donors (Lipinski definition) is 0. The summed E-state index contributed by atoms with van der Waals surface area (Å²) in [4.78, 5) is 9.01. The monoisotopic (exact) mass is 389 g/mol. The number of methoxy groups -OCH3 is 1. The Balaban J connectivity index is 1.94. The number of ether oxygens (including phenoxy) is 2. The molecule has 138 valence electrons.